The van der Waals surface area contributed by atoms with Gasteiger partial charge in [-0.15, -0.1) is 0 Å². The predicted molar refractivity (Wildman–Crippen MR) is 65.9 cm³/mol. The average molecular weight is 287 g/mol. The van der Waals surface area contributed by atoms with E-state index in [1.165, 1.54) is 12.0 Å². The standard InChI is InChI=1S/C11H17N3O6/c1-20-6-5-14(4-2-3-12)11(19)13-8(10(17)18)7-9(15)16/h8H,2,4-7H2,1H3,(H,13,19)(H,15,16)(H,17,18)/t8-/m1/s1. The molecule has 0 saturated heterocycles. The van der Waals surface area contributed by atoms with Crippen LogP contribution in [-0.2, 0) is 14.3 Å². The molecule has 0 spiro atoms. The van der Waals surface area contributed by atoms with Crippen LogP contribution in [0.5, 0.6) is 0 Å². The van der Waals surface area contributed by atoms with E-state index in [2.05, 4.69) is 5.32 Å². The molecule has 0 unspecified atom stereocenters. The van der Waals surface area contributed by atoms with E-state index >= 15 is 0 Å². The van der Waals surface area contributed by atoms with Gasteiger partial charge in [0.2, 0.25) is 0 Å². The van der Waals surface area contributed by atoms with Crippen molar-refractivity contribution in [2.75, 3.05) is 26.8 Å². The molecule has 9 heteroatoms. The van der Waals surface area contributed by atoms with Crippen molar-refractivity contribution in [2.24, 2.45) is 0 Å². The van der Waals surface area contributed by atoms with E-state index in [1.54, 1.807) is 0 Å². The number of methoxy groups -OCH3 is 1. The summed E-state index contributed by atoms with van der Waals surface area (Å²) in [7, 11) is 1.44. The fraction of sp³-hybridized carbons (Fsp3) is 0.636. The lowest BCUT2D eigenvalue weighted by Crippen LogP contribution is -2.49. The Kier molecular flexibility index (Phi) is 8.45. The van der Waals surface area contributed by atoms with Gasteiger partial charge in [-0.3, -0.25) is 4.79 Å². The Labute approximate surface area is 115 Å². The van der Waals surface area contributed by atoms with Crippen LogP contribution in [0.15, 0.2) is 0 Å². The third-order valence-corrected chi connectivity index (χ3v) is 2.32. The molecule has 0 aromatic carbocycles. The van der Waals surface area contributed by atoms with Gasteiger partial charge in [-0.05, 0) is 0 Å². The Hall–Kier alpha value is -2.34. The van der Waals surface area contributed by atoms with Crippen LogP contribution in [0.1, 0.15) is 12.8 Å². The van der Waals surface area contributed by atoms with Gasteiger partial charge in [-0.2, -0.15) is 5.26 Å². The van der Waals surface area contributed by atoms with Gasteiger partial charge >= 0.3 is 18.0 Å². The number of amides is 2. The number of carboxylic acids is 2. The lowest BCUT2D eigenvalue weighted by Gasteiger charge is -2.23. The number of carbonyl (C=O) groups excluding carboxylic acids is 1. The van der Waals surface area contributed by atoms with Crippen LogP contribution in [0.4, 0.5) is 4.79 Å². The summed E-state index contributed by atoms with van der Waals surface area (Å²) in [4.78, 5) is 34.4. The highest BCUT2D eigenvalue weighted by atomic mass is 16.5. The number of urea groups is 1. The Morgan fingerprint density at radius 1 is 1.35 bits per heavy atom. The molecule has 0 aromatic rings. The number of carboxylic acid groups (broad SMARTS) is 2. The van der Waals surface area contributed by atoms with Crippen LogP contribution >= 0.6 is 0 Å². The predicted octanol–water partition coefficient (Wildman–Crippen LogP) is -0.514. The van der Waals surface area contributed by atoms with Crippen molar-refractivity contribution in [1.82, 2.24) is 10.2 Å². The fourth-order valence-corrected chi connectivity index (χ4v) is 1.32. The summed E-state index contributed by atoms with van der Waals surface area (Å²) in [6.07, 6.45) is -0.648. The molecule has 0 aliphatic rings. The summed E-state index contributed by atoms with van der Waals surface area (Å²) >= 11 is 0. The van der Waals surface area contributed by atoms with Crippen LogP contribution in [0.3, 0.4) is 0 Å². The number of aliphatic carboxylic acids is 2. The molecule has 0 rings (SSSR count). The Morgan fingerprint density at radius 2 is 2.00 bits per heavy atom. The lowest BCUT2D eigenvalue weighted by molar-refractivity contribution is -0.145. The molecule has 0 radical (unpaired) electrons. The molecule has 0 bridgehead atoms. The van der Waals surface area contributed by atoms with Crippen LogP contribution in [-0.4, -0.2) is 65.9 Å². The van der Waals surface area contributed by atoms with Gasteiger partial charge < -0.3 is 25.2 Å². The van der Waals surface area contributed by atoms with Gasteiger partial charge in [0.15, 0.2) is 0 Å². The number of rotatable bonds is 9. The molecule has 0 heterocycles. The molecular formula is C11H17N3O6. The Balaban J connectivity index is 4.64. The van der Waals surface area contributed by atoms with Gasteiger partial charge in [0.05, 0.1) is 25.5 Å². The van der Waals surface area contributed by atoms with Gasteiger partial charge in [-0.25, -0.2) is 9.59 Å². The van der Waals surface area contributed by atoms with Crippen molar-refractivity contribution in [3.63, 3.8) is 0 Å². The molecule has 0 fully saturated rings. The summed E-state index contributed by atoms with van der Waals surface area (Å²) in [5.74, 6) is -2.77. The Morgan fingerprint density at radius 3 is 2.45 bits per heavy atom. The van der Waals surface area contributed by atoms with Gasteiger partial charge in [-0.1, -0.05) is 0 Å². The highest BCUT2D eigenvalue weighted by Gasteiger charge is 2.25. The molecule has 1 atom stereocenters. The molecule has 0 aliphatic heterocycles. The number of ether oxygens (including phenoxy) is 1. The van der Waals surface area contributed by atoms with Gasteiger partial charge in [0.25, 0.3) is 0 Å². The number of hydrogen-bond acceptors (Lipinski definition) is 5. The van der Waals surface area contributed by atoms with E-state index in [0.717, 1.165) is 0 Å². The summed E-state index contributed by atoms with van der Waals surface area (Å²) in [6, 6.07) is -0.401. The van der Waals surface area contributed by atoms with Crippen LogP contribution < -0.4 is 5.32 Å². The van der Waals surface area contributed by atoms with Crippen molar-refractivity contribution < 1.29 is 29.3 Å². The fourth-order valence-electron chi connectivity index (χ4n) is 1.32. The lowest BCUT2D eigenvalue weighted by atomic mass is 10.2. The number of carbonyl (C=O) groups is 3. The first-order chi connectivity index (χ1) is 9.42. The van der Waals surface area contributed by atoms with Crippen molar-refractivity contribution >= 4 is 18.0 Å². The zero-order chi connectivity index (χ0) is 15.5. The van der Waals surface area contributed by atoms with Crippen LogP contribution in [0.25, 0.3) is 0 Å². The number of nitrogens with zero attached hydrogens (tertiary/aromatic N) is 2. The maximum atomic E-state index is 11.8. The first-order valence-corrected chi connectivity index (χ1v) is 5.78. The molecule has 0 saturated carbocycles. The third kappa shape index (κ3) is 7.17. The summed E-state index contributed by atoms with van der Waals surface area (Å²) in [5, 5.41) is 28.0. The monoisotopic (exact) mass is 287 g/mol. The molecule has 112 valence electrons. The molecule has 3 N–H and O–H groups in total. The minimum Gasteiger partial charge on any atom is -0.481 e. The molecule has 20 heavy (non-hydrogen) atoms. The van der Waals surface area contributed by atoms with Crippen molar-refractivity contribution in [1.29, 1.82) is 5.26 Å². The second kappa shape index (κ2) is 9.57. The Bertz CT molecular complexity index is 392. The second-order valence-electron chi connectivity index (χ2n) is 3.83. The van der Waals surface area contributed by atoms with Gasteiger partial charge in [0.1, 0.15) is 6.04 Å². The largest absolute Gasteiger partial charge is 0.481 e. The zero-order valence-electron chi connectivity index (χ0n) is 11.0. The quantitative estimate of drug-likeness (QED) is 0.518. The SMILES string of the molecule is COCCN(CCC#N)C(=O)N[C@H](CC(=O)O)C(=O)O. The maximum absolute atomic E-state index is 11.8. The van der Waals surface area contributed by atoms with Crippen LogP contribution in [0.2, 0.25) is 0 Å². The number of hydrogen-bond donors (Lipinski definition) is 3. The molecule has 0 aliphatic carbocycles. The normalized spacial score (nSPS) is 11.2. The molecule has 9 nitrogen and oxygen atoms in total. The number of nitrogens with one attached hydrogen (secondary N) is 1. The summed E-state index contributed by atoms with van der Waals surface area (Å²) in [5.41, 5.74) is 0. The average Bonchev–Trinajstić information content (AvgIpc) is 2.37. The minimum atomic E-state index is -1.52. The third-order valence-electron chi connectivity index (χ3n) is 2.32. The van der Waals surface area contributed by atoms with Crippen molar-refractivity contribution in [3.8, 4) is 6.07 Å². The topological polar surface area (TPSA) is 140 Å². The van der Waals surface area contributed by atoms with Crippen molar-refractivity contribution in [3.05, 3.63) is 0 Å². The van der Waals surface area contributed by atoms with E-state index in [1.807, 2.05) is 6.07 Å². The molecule has 2 amide bonds. The van der Waals surface area contributed by atoms with E-state index in [9.17, 15) is 14.4 Å². The summed E-state index contributed by atoms with van der Waals surface area (Å²) < 4.78 is 4.80. The smallest absolute Gasteiger partial charge is 0.326 e. The molecular weight excluding hydrogens is 270 g/mol. The van der Waals surface area contributed by atoms with E-state index < -0.39 is 30.4 Å². The minimum absolute atomic E-state index is 0.0772. The van der Waals surface area contributed by atoms with Crippen LogP contribution in [0, 0.1) is 11.3 Å². The van der Waals surface area contributed by atoms with Gasteiger partial charge in [0, 0.05) is 20.2 Å². The second-order valence-corrected chi connectivity index (χ2v) is 3.83. The molecule has 0 aromatic heterocycles. The van der Waals surface area contributed by atoms with E-state index in [-0.39, 0.29) is 26.1 Å². The van der Waals surface area contributed by atoms with E-state index in [0.29, 0.717) is 0 Å². The highest BCUT2D eigenvalue weighted by molar-refractivity contribution is 5.86. The maximum Gasteiger partial charge on any atom is 0.326 e. The first kappa shape index (κ1) is 17.7. The number of nitriles is 1. The highest BCUT2D eigenvalue weighted by Crippen LogP contribution is 1.98. The summed E-state index contributed by atoms with van der Waals surface area (Å²) in [6.45, 7) is 0.490. The zero-order valence-corrected chi connectivity index (χ0v) is 11.0. The van der Waals surface area contributed by atoms with Crippen molar-refractivity contribution in [2.45, 2.75) is 18.9 Å². The van der Waals surface area contributed by atoms with E-state index in [4.69, 9.17) is 20.2 Å². The first-order valence-electron chi connectivity index (χ1n) is 5.78.